The average molecular weight is 359 g/mol. The third-order valence-corrected chi connectivity index (χ3v) is 4.18. The predicted molar refractivity (Wildman–Crippen MR) is 100 cm³/mol. The summed E-state index contributed by atoms with van der Waals surface area (Å²) >= 11 is 0. The van der Waals surface area contributed by atoms with Crippen molar-refractivity contribution in [3.8, 4) is 11.4 Å². The lowest BCUT2D eigenvalue weighted by molar-refractivity contribution is 0.102. The van der Waals surface area contributed by atoms with Crippen LogP contribution in [-0.4, -0.2) is 35.9 Å². The molecule has 0 saturated carbocycles. The number of hydrogen-bond acceptors (Lipinski definition) is 5. The van der Waals surface area contributed by atoms with E-state index in [0.717, 1.165) is 22.8 Å². The van der Waals surface area contributed by atoms with Crippen molar-refractivity contribution in [3.63, 3.8) is 0 Å². The Morgan fingerprint density at radius 2 is 1.26 bits per heavy atom. The molecule has 0 aliphatic heterocycles. The Morgan fingerprint density at radius 3 is 1.70 bits per heavy atom. The molecule has 0 bridgehead atoms. The molecule has 8 heteroatoms. The van der Waals surface area contributed by atoms with E-state index in [4.69, 9.17) is 0 Å². The quantitative estimate of drug-likeness (QED) is 0.605. The maximum absolute atomic E-state index is 12.5. The van der Waals surface area contributed by atoms with Gasteiger partial charge in [-0.25, -0.2) is 9.36 Å². The lowest BCUT2D eigenvalue weighted by Gasteiger charge is -2.08. The summed E-state index contributed by atoms with van der Waals surface area (Å²) in [6.45, 7) is 3.85. The molecule has 0 aliphatic rings. The minimum atomic E-state index is -0.179. The SMILES string of the molecule is Cc1cnnn1-c1ccc(NC(=O)c2ccc(-n3nncc3C)cc2)cc1. The van der Waals surface area contributed by atoms with Gasteiger partial charge in [0.2, 0.25) is 0 Å². The van der Waals surface area contributed by atoms with Crippen molar-refractivity contribution < 1.29 is 4.79 Å². The molecule has 8 nitrogen and oxygen atoms in total. The summed E-state index contributed by atoms with van der Waals surface area (Å²) in [5.74, 6) is -0.179. The molecule has 0 atom stereocenters. The van der Waals surface area contributed by atoms with Crippen molar-refractivity contribution in [1.82, 2.24) is 30.0 Å². The number of aryl methyl sites for hydroxylation is 2. The summed E-state index contributed by atoms with van der Waals surface area (Å²) in [6, 6.07) is 14.6. The second kappa shape index (κ2) is 6.83. The summed E-state index contributed by atoms with van der Waals surface area (Å²) in [4.78, 5) is 12.5. The first-order valence-corrected chi connectivity index (χ1v) is 8.39. The molecule has 0 fully saturated rings. The Labute approximate surface area is 155 Å². The van der Waals surface area contributed by atoms with Crippen molar-refractivity contribution in [2.24, 2.45) is 0 Å². The lowest BCUT2D eigenvalue weighted by Crippen LogP contribution is -2.12. The normalized spacial score (nSPS) is 10.7. The van der Waals surface area contributed by atoms with E-state index in [1.54, 1.807) is 33.9 Å². The van der Waals surface area contributed by atoms with Crippen LogP contribution in [0.4, 0.5) is 5.69 Å². The van der Waals surface area contributed by atoms with Gasteiger partial charge in [-0.05, 0) is 62.4 Å². The van der Waals surface area contributed by atoms with Crippen LogP contribution >= 0.6 is 0 Å². The van der Waals surface area contributed by atoms with Gasteiger partial charge in [0.25, 0.3) is 5.91 Å². The number of benzene rings is 2. The highest BCUT2D eigenvalue weighted by molar-refractivity contribution is 6.04. The third kappa shape index (κ3) is 3.32. The fourth-order valence-corrected chi connectivity index (χ4v) is 2.73. The standard InChI is InChI=1S/C19H17N7O/c1-13-11-20-23-25(13)17-7-3-15(4-8-17)19(27)22-16-5-9-18(10-6-16)26-14(2)12-21-24-26/h3-12H,1-2H3,(H,22,27). The van der Waals surface area contributed by atoms with Gasteiger partial charge in [-0.3, -0.25) is 4.79 Å². The van der Waals surface area contributed by atoms with Crippen LogP contribution < -0.4 is 5.32 Å². The molecular formula is C19H17N7O. The Hall–Kier alpha value is -3.81. The average Bonchev–Trinajstić information content (AvgIpc) is 3.31. The fourth-order valence-electron chi connectivity index (χ4n) is 2.73. The highest BCUT2D eigenvalue weighted by Crippen LogP contribution is 2.16. The molecule has 1 amide bonds. The number of carbonyl (C=O) groups is 1. The molecule has 0 spiro atoms. The van der Waals surface area contributed by atoms with E-state index in [1.165, 1.54) is 0 Å². The maximum atomic E-state index is 12.5. The Morgan fingerprint density at radius 1 is 0.778 bits per heavy atom. The van der Waals surface area contributed by atoms with Gasteiger partial charge in [-0.15, -0.1) is 10.2 Å². The summed E-state index contributed by atoms with van der Waals surface area (Å²) in [5, 5.41) is 18.7. The smallest absolute Gasteiger partial charge is 0.255 e. The van der Waals surface area contributed by atoms with E-state index in [-0.39, 0.29) is 5.91 Å². The van der Waals surface area contributed by atoms with Crippen molar-refractivity contribution in [2.45, 2.75) is 13.8 Å². The third-order valence-electron chi connectivity index (χ3n) is 4.18. The molecule has 0 radical (unpaired) electrons. The lowest BCUT2D eigenvalue weighted by atomic mass is 10.2. The second-order valence-corrected chi connectivity index (χ2v) is 6.12. The number of amides is 1. The van der Waals surface area contributed by atoms with E-state index in [9.17, 15) is 4.79 Å². The Balaban J connectivity index is 1.47. The largest absolute Gasteiger partial charge is 0.322 e. The van der Waals surface area contributed by atoms with Crippen LogP contribution in [-0.2, 0) is 0 Å². The first kappa shape index (κ1) is 16.6. The minimum absolute atomic E-state index is 0.179. The van der Waals surface area contributed by atoms with Crippen molar-refractivity contribution >= 4 is 11.6 Å². The van der Waals surface area contributed by atoms with Gasteiger partial charge in [0.05, 0.1) is 35.2 Å². The summed E-state index contributed by atoms with van der Waals surface area (Å²) in [7, 11) is 0. The molecule has 4 aromatic rings. The molecule has 2 heterocycles. The fraction of sp³-hybridized carbons (Fsp3) is 0.105. The van der Waals surface area contributed by atoms with Crippen molar-refractivity contribution in [3.05, 3.63) is 77.9 Å². The number of hydrogen-bond donors (Lipinski definition) is 1. The van der Waals surface area contributed by atoms with E-state index in [0.29, 0.717) is 11.3 Å². The summed E-state index contributed by atoms with van der Waals surface area (Å²) < 4.78 is 3.45. The molecule has 0 unspecified atom stereocenters. The van der Waals surface area contributed by atoms with Crippen LogP contribution in [0.15, 0.2) is 60.9 Å². The molecular weight excluding hydrogens is 342 g/mol. The number of rotatable bonds is 4. The van der Waals surface area contributed by atoms with Gasteiger partial charge < -0.3 is 5.32 Å². The second-order valence-electron chi connectivity index (χ2n) is 6.12. The van der Waals surface area contributed by atoms with Crippen LogP contribution in [0.3, 0.4) is 0 Å². The first-order chi connectivity index (χ1) is 13.1. The number of nitrogens with one attached hydrogen (secondary N) is 1. The van der Waals surface area contributed by atoms with Gasteiger partial charge in [-0.2, -0.15) is 0 Å². The zero-order chi connectivity index (χ0) is 18.8. The minimum Gasteiger partial charge on any atom is -0.322 e. The summed E-state index contributed by atoms with van der Waals surface area (Å²) in [6.07, 6.45) is 3.38. The maximum Gasteiger partial charge on any atom is 0.255 e. The molecule has 0 aliphatic carbocycles. The molecule has 1 N–H and O–H groups in total. The van der Waals surface area contributed by atoms with Crippen LogP contribution in [0.1, 0.15) is 21.7 Å². The van der Waals surface area contributed by atoms with Gasteiger partial charge >= 0.3 is 0 Å². The molecule has 2 aromatic heterocycles. The van der Waals surface area contributed by atoms with Crippen LogP contribution in [0, 0.1) is 13.8 Å². The number of nitrogens with zero attached hydrogens (tertiary/aromatic N) is 6. The van der Waals surface area contributed by atoms with Crippen LogP contribution in [0.5, 0.6) is 0 Å². The molecule has 27 heavy (non-hydrogen) atoms. The predicted octanol–water partition coefficient (Wildman–Crippen LogP) is 2.72. The highest BCUT2D eigenvalue weighted by Gasteiger charge is 2.09. The van der Waals surface area contributed by atoms with Crippen LogP contribution in [0.2, 0.25) is 0 Å². The topological polar surface area (TPSA) is 90.5 Å². The molecule has 134 valence electrons. The highest BCUT2D eigenvalue weighted by atomic mass is 16.1. The number of aromatic nitrogens is 6. The van der Waals surface area contributed by atoms with E-state index < -0.39 is 0 Å². The van der Waals surface area contributed by atoms with E-state index >= 15 is 0 Å². The van der Waals surface area contributed by atoms with Gasteiger partial charge in [0.1, 0.15) is 0 Å². The summed E-state index contributed by atoms with van der Waals surface area (Å²) in [5.41, 5.74) is 4.87. The monoisotopic (exact) mass is 359 g/mol. The van der Waals surface area contributed by atoms with Crippen LogP contribution in [0.25, 0.3) is 11.4 Å². The molecule has 2 aromatic carbocycles. The van der Waals surface area contributed by atoms with Crippen molar-refractivity contribution in [2.75, 3.05) is 5.32 Å². The van der Waals surface area contributed by atoms with Gasteiger partial charge in [-0.1, -0.05) is 10.4 Å². The molecule has 4 rings (SSSR count). The Bertz CT molecular complexity index is 1080. The number of anilines is 1. The van der Waals surface area contributed by atoms with Gasteiger partial charge in [0.15, 0.2) is 0 Å². The zero-order valence-electron chi connectivity index (χ0n) is 14.9. The van der Waals surface area contributed by atoms with E-state index in [1.807, 2.05) is 50.2 Å². The molecule has 0 saturated heterocycles. The Kier molecular flexibility index (Phi) is 4.21. The number of carbonyl (C=O) groups excluding carboxylic acids is 1. The zero-order valence-corrected chi connectivity index (χ0v) is 14.9. The first-order valence-electron chi connectivity index (χ1n) is 8.39. The van der Waals surface area contributed by atoms with E-state index in [2.05, 4.69) is 25.9 Å². The van der Waals surface area contributed by atoms with Gasteiger partial charge in [0, 0.05) is 11.3 Å². The van der Waals surface area contributed by atoms with Crippen molar-refractivity contribution in [1.29, 1.82) is 0 Å².